The Bertz CT molecular complexity index is 942. The Morgan fingerprint density at radius 2 is 1.70 bits per heavy atom. The number of nitrogens with zero attached hydrogens (tertiary/aromatic N) is 2. The third-order valence-electron chi connectivity index (χ3n) is 5.77. The highest BCUT2D eigenvalue weighted by Gasteiger charge is 2.22. The van der Waals surface area contributed by atoms with Gasteiger partial charge in [0.25, 0.3) is 5.91 Å². The van der Waals surface area contributed by atoms with Crippen LogP contribution in [-0.2, 0) is 6.42 Å². The number of piperazine rings is 1. The van der Waals surface area contributed by atoms with Crippen LogP contribution in [0.2, 0.25) is 0 Å². The lowest BCUT2D eigenvalue weighted by Gasteiger charge is -2.36. The van der Waals surface area contributed by atoms with Crippen LogP contribution in [0.15, 0.2) is 85.1 Å². The zero-order chi connectivity index (χ0) is 24.1. The number of carbonyl (C=O) groups is 1. The van der Waals surface area contributed by atoms with Crippen molar-refractivity contribution in [1.29, 1.82) is 0 Å². The number of benzene rings is 2. The maximum atomic E-state index is 13.1. The zero-order valence-corrected chi connectivity index (χ0v) is 20.8. The van der Waals surface area contributed by atoms with Gasteiger partial charge in [-0.25, -0.2) is 0 Å². The van der Waals surface area contributed by atoms with Gasteiger partial charge in [0.1, 0.15) is 0 Å². The fourth-order valence-electron chi connectivity index (χ4n) is 3.98. The molecule has 0 spiro atoms. The van der Waals surface area contributed by atoms with E-state index >= 15 is 0 Å². The summed E-state index contributed by atoms with van der Waals surface area (Å²) < 4.78 is 0. The second-order valence-electron chi connectivity index (χ2n) is 7.99. The zero-order valence-electron chi connectivity index (χ0n) is 19.9. The summed E-state index contributed by atoms with van der Waals surface area (Å²) in [5.41, 5.74) is 5.53. The van der Waals surface area contributed by atoms with Crippen LogP contribution in [0, 0.1) is 0 Å². The Kier molecular flexibility index (Phi) is 11.6. The summed E-state index contributed by atoms with van der Waals surface area (Å²) in [4.78, 5) is 17.4. The third-order valence-corrected chi connectivity index (χ3v) is 5.77. The Morgan fingerprint density at radius 1 is 1.03 bits per heavy atom. The summed E-state index contributed by atoms with van der Waals surface area (Å²) in [6, 6.07) is 16.8. The molecule has 2 aromatic rings. The summed E-state index contributed by atoms with van der Waals surface area (Å²) in [6.45, 7) is 11.1. The van der Waals surface area contributed by atoms with Crippen molar-refractivity contribution < 1.29 is 4.79 Å². The Morgan fingerprint density at radius 3 is 2.30 bits per heavy atom. The van der Waals surface area contributed by atoms with E-state index in [1.54, 1.807) is 0 Å². The minimum atomic E-state index is 0.112. The van der Waals surface area contributed by atoms with Gasteiger partial charge in [0.15, 0.2) is 0 Å². The SMILES string of the molecule is C=C/C=C(\C=C/C)N1CCN(C(=O)c2cccc(-c3ccc(CCCC)cc3)c2)CC1.NS. The molecule has 1 heterocycles. The lowest BCUT2D eigenvalue weighted by atomic mass is 10.00. The molecule has 1 aliphatic heterocycles. The Hall–Kier alpha value is -2.76. The van der Waals surface area contributed by atoms with Crippen molar-refractivity contribution in [2.24, 2.45) is 5.14 Å². The van der Waals surface area contributed by atoms with Gasteiger partial charge in [0.2, 0.25) is 0 Å². The standard InChI is InChI=1S/C28H34N2O.H3NS/c1-4-7-11-23-14-16-24(17-15-23)25-12-8-13-26(22-25)28(31)30-20-18-29(19-21-30)27(9-5-2)10-6-3;1-2/h5-6,8-10,12-17,22H,2,4,7,11,18-21H2,1,3H3;2H,1H2/b10-6-,27-9+;. The molecular weight excluding hydrogens is 426 g/mol. The number of aryl methyl sites for hydroxylation is 1. The molecule has 176 valence electrons. The second kappa shape index (κ2) is 14.4. The molecule has 1 fully saturated rings. The maximum Gasteiger partial charge on any atom is 0.253 e. The molecule has 5 heteroatoms. The van der Waals surface area contributed by atoms with Crippen molar-refractivity contribution in [2.75, 3.05) is 26.2 Å². The van der Waals surface area contributed by atoms with E-state index < -0.39 is 0 Å². The molecule has 4 nitrogen and oxygen atoms in total. The molecule has 0 unspecified atom stereocenters. The summed E-state index contributed by atoms with van der Waals surface area (Å²) >= 11 is 3.03. The van der Waals surface area contributed by atoms with Crippen molar-refractivity contribution in [1.82, 2.24) is 9.80 Å². The quantitative estimate of drug-likeness (QED) is 0.379. The summed E-state index contributed by atoms with van der Waals surface area (Å²) in [5.74, 6) is 0.112. The molecule has 0 radical (unpaired) electrons. The van der Waals surface area contributed by atoms with E-state index in [0.29, 0.717) is 0 Å². The van der Waals surface area contributed by atoms with Crippen LogP contribution in [0.25, 0.3) is 11.1 Å². The molecule has 0 bridgehead atoms. The van der Waals surface area contributed by atoms with Gasteiger partial charge in [-0.3, -0.25) is 9.93 Å². The topological polar surface area (TPSA) is 49.6 Å². The molecule has 0 saturated carbocycles. The van der Waals surface area contributed by atoms with E-state index in [2.05, 4.69) is 72.8 Å². The van der Waals surface area contributed by atoms with Gasteiger partial charge >= 0.3 is 0 Å². The molecule has 1 amide bonds. The molecule has 1 aliphatic rings. The monoisotopic (exact) mass is 463 g/mol. The van der Waals surface area contributed by atoms with Crippen molar-refractivity contribution in [3.63, 3.8) is 0 Å². The number of hydrogen-bond donors (Lipinski definition) is 2. The first-order valence-corrected chi connectivity index (χ1v) is 12.1. The van der Waals surface area contributed by atoms with Crippen molar-refractivity contribution in [3.8, 4) is 11.1 Å². The molecule has 2 aromatic carbocycles. The first-order chi connectivity index (χ1) is 16.2. The molecule has 0 atom stereocenters. The number of amides is 1. The van der Waals surface area contributed by atoms with E-state index in [9.17, 15) is 4.79 Å². The summed E-state index contributed by atoms with van der Waals surface area (Å²) in [5, 5.41) is 4.19. The fraction of sp³-hybridized carbons (Fsp3) is 0.321. The molecule has 33 heavy (non-hydrogen) atoms. The van der Waals surface area contributed by atoms with Gasteiger partial charge in [-0.1, -0.05) is 68.5 Å². The molecule has 2 N–H and O–H groups in total. The van der Waals surface area contributed by atoms with Crippen LogP contribution in [0.5, 0.6) is 0 Å². The van der Waals surface area contributed by atoms with E-state index in [1.807, 2.05) is 48.3 Å². The number of unbranched alkanes of at least 4 members (excludes halogenated alkanes) is 1. The Balaban J connectivity index is 0.00000187. The average molecular weight is 464 g/mol. The third kappa shape index (κ3) is 7.65. The first kappa shape index (κ1) is 26.5. The Labute approximate surface area is 205 Å². The minimum Gasteiger partial charge on any atom is -0.368 e. The van der Waals surface area contributed by atoms with Gasteiger partial charge in [-0.15, -0.1) is 12.8 Å². The predicted octanol–water partition coefficient (Wildman–Crippen LogP) is 5.89. The number of rotatable bonds is 8. The van der Waals surface area contributed by atoms with Crippen LogP contribution in [0.4, 0.5) is 0 Å². The number of allylic oxidation sites excluding steroid dienone is 4. The normalized spacial score (nSPS) is 14.1. The maximum absolute atomic E-state index is 13.1. The van der Waals surface area contributed by atoms with Gasteiger partial charge < -0.3 is 9.80 Å². The average Bonchev–Trinajstić information content (AvgIpc) is 2.88. The molecular formula is C28H37N3OS. The van der Waals surface area contributed by atoms with Crippen molar-refractivity contribution in [2.45, 2.75) is 33.1 Å². The summed E-state index contributed by atoms with van der Waals surface area (Å²) in [6.07, 6.45) is 11.5. The van der Waals surface area contributed by atoms with Gasteiger partial charge in [-0.2, -0.15) is 0 Å². The lowest BCUT2D eigenvalue weighted by molar-refractivity contribution is 0.0672. The number of nitrogens with two attached hydrogens (primary N) is 1. The van der Waals surface area contributed by atoms with Crippen LogP contribution < -0.4 is 5.14 Å². The smallest absolute Gasteiger partial charge is 0.253 e. The van der Waals surface area contributed by atoms with Gasteiger partial charge in [0.05, 0.1) is 0 Å². The molecule has 1 saturated heterocycles. The molecule has 3 rings (SSSR count). The highest BCUT2D eigenvalue weighted by Crippen LogP contribution is 2.23. The highest BCUT2D eigenvalue weighted by atomic mass is 32.1. The molecule has 0 aliphatic carbocycles. The van der Waals surface area contributed by atoms with Crippen molar-refractivity contribution in [3.05, 3.63) is 96.2 Å². The highest BCUT2D eigenvalue weighted by molar-refractivity contribution is 7.77. The van der Waals surface area contributed by atoms with Gasteiger partial charge in [0, 0.05) is 37.4 Å². The lowest BCUT2D eigenvalue weighted by Crippen LogP contribution is -2.48. The van der Waals surface area contributed by atoms with E-state index in [0.717, 1.165) is 55.0 Å². The van der Waals surface area contributed by atoms with E-state index in [4.69, 9.17) is 0 Å². The predicted molar refractivity (Wildman–Crippen MR) is 144 cm³/mol. The van der Waals surface area contributed by atoms with Crippen LogP contribution in [0.3, 0.4) is 0 Å². The minimum absolute atomic E-state index is 0.112. The van der Waals surface area contributed by atoms with Crippen LogP contribution in [-0.4, -0.2) is 41.9 Å². The number of thiol groups is 1. The van der Waals surface area contributed by atoms with Crippen molar-refractivity contribution >= 4 is 18.7 Å². The number of carbonyl (C=O) groups excluding carboxylic acids is 1. The van der Waals surface area contributed by atoms with Crippen LogP contribution >= 0.6 is 12.8 Å². The first-order valence-electron chi connectivity index (χ1n) is 11.6. The van der Waals surface area contributed by atoms with Gasteiger partial charge in [-0.05, 0) is 60.7 Å². The van der Waals surface area contributed by atoms with E-state index in [1.165, 1.54) is 18.4 Å². The van der Waals surface area contributed by atoms with E-state index in [-0.39, 0.29) is 5.91 Å². The largest absolute Gasteiger partial charge is 0.368 e. The summed E-state index contributed by atoms with van der Waals surface area (Å²) in [7, 11) is 0. The second-order valence-corrected chi connectivity index (χ2v) is 7.99. The fourth-order valence-corrected chi connectivity index (χ4v) is 3.98. The number of hydrogen-bond acceptors (Lipinski definition) is 4. The molecule has 0 aromatic heterocycles. The van der Waals surface area contributed by atoms with Crippen LogP contribution in [0.1, 0.15) is 42.6 Å².